The van der Waals surface area contributed by atoms with Crippen LogP contribution in [0.5, 0.6) is 0 Å². The smallest absolute Gasteiger partial charge is 0.226 e. The average molecular weight is 360 g/mol. The van der Waals surface area contributed by atoms with Crippen molar-refractivity contribution in [2.45, 2.75) is 38.5 Å². The highest BCUT2D eigenvalue weighted by atomic mass is 35.5. The zero-order valence-electron chi connectivity index (χ0n) is 14.1. The Kier molecular flexibility index (Phi) is 6.23. The van der Waals surface area contributed by atoms with Gasteiger partial charge in [-0.05, 0) is 55.9 Å². The molecule has 2 aromatic rings. The highest BCUT2D eigenvalue weighted by molar-refractivity contribution is 6.30. The van der Waals surface area contributed by atoms with Gasteiger partial charge >= 0.3 is 0 Å². The number of rotatable bonds is 7. The minimum atomic E-state index is 0.0898. The Hall–Kier alpha value is -2.14. The number of nitrogens with zero attached hydrogens (tertiary/aromatic N) is 2. The maximum atomic E-state index is 11.9. The van der Waals surface area contributed by atoms with Gasteiger partial charge in [-0.1, -0.05) is 28.9 Å². The molecule has 1 aliphatic carbocycles. The summed E-state index contributed by atoms with van der Waals surface area (Å²) in [7, 11) is 0. The lowest BCUT2D eigenvalue weighted by Gasteiger charge is -2.17. The van der Waals surface area contributed by atoms with E-state index >= 15 is 0 Å². The van der Waals surface area contributed by atoms with E-state index in [-0.39, 0.29) is 5.91 Å². The summed E-state index contributed by atoms with van der Waals surface area (Å²) in [5.74, 6) is 1.76. The molecule has 0 saturated carbocycles. The summed E-state index contributed by atoms with van der Waals surface area (Å²) in [6, 6.07) is 7.29. The molecule has 1 atom stereocenters. The Morgan fingerprint density at radius 3 is 2.88 bits per heavy atom. The number of amides is 1. The van der Waals surface area contributed by atoms with Crippen LogP contribution in [0.1, 0.15) is 38.0 Å². The molecule has 5 nitrogen and oxygen atoms in total. The fraction of sp³-hybridized carbons (Fsp3) is 0.421. The standard InChI is InChI=1S/C19H22ClN3O2/c20-16-11-9-15(10-12-16)19-22-18(25-23-19)8-4-7-17(24)21-13-14-5-2-1-3-6-14/h1-2,9-12,14H,3-8,13H2,(H,21,24). The zero-order valence-corrected chi connectivity index (χ0v) is 14.8. The van der Waals surface area contributed by atoms with Gasteiger partial charge in [0, 0.05) is 30.0 Å². The van der Waals surface area contributed by atoms with Crippen LogP contribution in [0.4, 0.5) is 0 Å². The van der Waals surface area contributed by atoms with Crippen LogP contribution in [-0.2, 0) is 11.2 Å². The molecule has 1 amide bonds. The van der Waals surface area contributed by atoms with Gasteiger partial charge in [0.2, 0.25) is 17.6 Å². The minimum absolute atomic E-state index is 0.0898. The van der Waals surface area contributed by atoms with E-state index in [1.807, 2.05) is 12.1 Å². The number of aryl methyl sites for hydroxylation is 1. The van der Waals surface area contributed by atoms with Gasteiger partial charge in [0.1, 0.15) is 0 Å². The fourth-order valence-electron chi connectivity index (χ4n) is 2.86. The molecule has 132 valence electrons. The van der Waals surface area contributed by atoms with Gasteiger partial charge in [-0.15, -0.1) is 0 Å². The van der Waals surface area contributed by atoms with E-state index in [0.29, 0.717) is 41.9 Å². The predicted molar refractivity (Wildman–Crippen MR) is 97.2 cm³/mol. The van der Waals surface area contributed by atoms with Gasteiger partial charge in [0.15, 0.2) is 0 Å². The van der Waals surface area contributed by atoms with Crippen LogP contribution in [0, 0.1) is 5.92 Å². The van der Waals surface area contributed by atoms with E-state index in [4.69, 9.17) is 16.1 Å². The number of aromatic nitrogens is 2. The van der Waals surface area contributed by atoms with Crippen molar-refractivity contribution in [3.8, 4) is 11.4 Å². The van der Waals surface area contributed by atoms with Gasteiger partial charge in [-0.2, -0.15) is 4.98 Å². The summed E-state index contributed by atoms with van der Waals surface area (Å²) in [6.45, 7) is 0.768. The summed E-state index contributed by atoms with van der Waals surface area (Å²) in [6.07, 6.45) is 9.52. The van der Waals surface area contributed by atoms with E-state index in [0.717, 1.165) is 31.4 Å². The first-order chi connectivity index (χ1) is 12.2. The number of nitrogens with one attached hydrogen (secondary N) is 1. The number of benzene rings is 1. The molecule has 0 radical (unpaired) electrons. The fourth-order valence-corrected chi connectivity index (χ4v) is 2.99. The third-order valence-electron chi connectivity index (χ3n) is 4.33. The molecule has 0 fully saturated rings. The van der Waals surface area contributed by atoms with Gasteiger partial charge in [-0.3, -0.25) is 4.79 Å². The van der Waals surface area contributed by atoms with Crippen LogP contribution in [0.2, 0.25) is 5.02 Å². The van der Waals surface area contributed by atoms with Crippen molar-refractivity contribution in [1.29, 1.82) is 0 Å². The summed E-state index contributed by atoms with van der Waals surface area (Å²) in [5, 5.41) is 7.67. The van der Waals surface area contributed by atoms with Gasteiger partial charge < -0.3 is 9.84 Å². The van der Waals surface area contributed by atoms with E-state index < -0.39 is 0 Å². The van der Waals surface area contributed by atoms with Crippen molar-refractivity contribution >= 4 is 17.5 Å². The lowest BCUT2D eigenvalue weighted by Crippen LogP contribution is -2.29. The molecule has 25 heavy (non-hydrogen) atoms. The third-order valence-corrected chi connectivity index (χ3v) is 4.58. The van der Waals surface area contributed by atoms with Crippen LogP contribution in [-0.4, -0.2) is 22.6 Å². The maximum Gasteiger partial charge on any atom is 0.226 e. The normalized spacial score (nSPS) is 16.8. The van der Waals surface area contributed by atoms with Crippen molar-refractivity contribution in [1.82, 2.24) is 15.5 Å². The quantitative estimate of drug-likeness (QED) is 0.753. The molecule has 0 aliphatic heterocycles. The summed E-state index contributed by atoms with van der Waals surface area (Å²) >= 11 is 5.87. The maximum absolute atomic E-state index is 11.9. The number of hydrogen-bond acceptors (Lipinski definition) is 4. The van der Waals surface area contributed by atoms with Crippen molar-refractivity contribution in [3.05, 3.63) is 47.3 Å². The lowest BCUT2D eigenvalue weighted by atomic mass is 9.94. The molecule has 0 saturated heterocycles. The Morgan fingerprint density at radius 1 is 1.28 bits per heavy atom. The molecule has 1 aliphatic rings. The van der Waals surface area contributed by atoms with Crippen molar-refractivity contribution in [3.63, 3.8) is 0 Å². The van der Waals surface area contributed by atoms with Crippen LogP contribution >= 0.6 is 11.6 Å². The molecular formula is C19H22ClN3O2. The summed E-state index contributed by atoms with van der Waals surface area (Å²) in [5.41, 5.74) is 0.860. The van der Waals surface area contributed by atoms with E-state index in [1.54, 1.807) is 12.1 Å². The van der Waals surface area contributed by atoms with Crippen LogP contribution in [0.25, 0.3) is 11.4 Å². The molecule has 1 N–H and O–H groups in total. The van der Waals surface area contributed by atoms with Crippen LogP contribution in [0.3, 0.4) is 0 Å². The molecule has 0 spiro atoms. The van der Waals surface area contributed by atoms with E-state index in [1.165, 1.54) is 0 Å². The Bertz CT molecular complexity index is 725. The number of allylic oxidation sites excluding steroid dienone is 2. The first-order valence-corrected chi connectivity index (χ1v) is 9.09. The molecule has 6 heteroatoms. The second kappa shape index (κ2) is 8.81. The summed E-state index contributed by atoms with van der Waals surface area (Å²) < 4.78 is 5.25. The average Bonchev–Trinajstić information content (AvgIpc) is 3.10. The number of hydrogen-bond donors (Lipinski definition) is 1. The predicted octanol–water partition coefficient (Wildman–Crippen LogP) is 4.19. The second-order valence-corrected chi connectivity index (χ2v) is 6.76. The topological polar surface area (TPSA) is 68.0 Å². The summed E-state index contributed by atoms with van der Waals surface area (Å²) in [4.78, 5) is 16.3. The zero-order chi connectivity index (χ0) is 17.5. The molecule has 1 unspecified atom stereocenters. The first-order valence-electron chi connectivity index (χ1n) is 8.71. The van der Waals surface area contributed by atoms with Gasteiger partial charge in [0.25, 0.3) is 0 Å². The Labute approximate surface area is 152 Å². The van der Waals surface area contributed by atoms with Gasteiger partial charge in [-0.25, -0.2) is 0 Å². The van der Waals surface area contributed by atoms with Crippen LogP contribution < -0.4 is 5.32 Å². The highest BCUT2D eigenvalue weighted by Gasteiger charge is 2.12. The highest BCUT2D eigenvalue weighted by Crippen LogP contribution is 2.19. The number of carbonyl (C=O) groups is 1. The van der Waals surface area contributed by atoms with Crippen molar-refractivity contribution < 1.29 is 9.32 Å². The molecular weight excluding hydrogens is 338 g/mol. The SMILES string of the molecule is O=C(CCCc1nc(-c2ccc(Cl)cc2)no1)NCC1CC=CCC1. The van der Waals surface area contributed by atoms with E-state index in [9.17, 15) is 4.79 Å². The van der Waals surface area contributed by atoms with Crippen molar-refractivity contribution in [2.75, 3.05) is 6.54 Å². The Morgan fingerprint density at radius 2 is 2.12 bits per heavy atom. The van der Waals surface area contributed by atoms with Gasteiger partial charge in [0.05, 0.1) is 0 Å². The number of carbonyl (C=O) groups excluding carboxylic acids is 1. The molecule has 1 heterocycles. The number of halogens is 1. The second-order valence-electron chi connectivity index (χ2n) is 6.33. The molecule has 1 aromatic carbocycles. The monoisotopic (exact) mass is 359 g/mol. The Balaban J connectivity index is 1.39. The molecule has 3 rings (SSSR count). The minimum Gasteiger partial charge on any atom is -0.356 e. The molecule has 1 aromatic heterocycles. The molecule has 0 bridgehead atoms. The largest absolute Gasteiger partial charge is 0.356 e. The van der Waals surface area contributed by atoms with E-state index in [2.05, 4.69) is 27.6 Å². The van der Waals surface area contributed by atoms with Crippen molar-refractivity contribution in [2.24, 2.45) is 5.92 Å². The first kappa shape index (κ1) is 17.7. The van der Waals surface area contributed by atoms with Crippen LogP contribution in [0.15, 0.2) is 40.9 Å². The third kappa shape index (κ3) is 5.43. The lowest BCUT2D eigenvalue weighted by molar-refractivity contribution is -0.121.